The number of para-hydroxylation sites is 1. The normalized spacial score (nSPS) is 23.3. The lowest BCUT2D eigenvalue weighted by Crippen LogP contribution is -2.33. The maximum Gasteiger partial charge on any atom is 0.391 e. The minimum absolute atomic E-state index is 0.145. The molecule has 1 aromatic rings. The maximum atomic E-state index is 12.7. The third-order valence-electron chi connectivity index (χ3n) is 4.05. The van der Waals surface area contributed by atoms with E-state index in [1.807, 2.05) is 32.3 Å². The molecule has 0 bridgehead atoms. The molecule has 0 amide bonds. The molecule has 0 radical (unpaired) electrons. The zero-order valence-corrected chi connectivity index (χ0v) is 12.6. The van der Waals surface area contributed by atoms with E-state index in [9.17, 15) is 13.2 Å². The van der Waals surface area contributed by atoms with Gasteiger partial charge in [0.05, 0.1) is 5.92 Å². The quantitative estimate of drug-likeness (QED) is 0.893. The number of anilines is 1. The molecular formula is C16H23F3N2. The van der Waals surface area contributed by atoms with Crippen LogP contribution >= 0.6 is 0 Å². The zero-order valence-electron chi connectivity index (χ0n) is 12.6. The molecule has 1 aromatic carbocycles. The summed E-state index contributed by atoms with van der Waals surface area (Å²) < 4.78 is 38.0. The Hall–Kier alpha value is -1.23. The Morgan fingerprint density at radius 2 is 1.71 bits per heavy atom. The van der Waals surface area contributed by atoms with Gasteiger partial charge in [-0.2, -0.15) is 13.2 Å². The highest BCUT2D eigenvalue weighted by molar-refractivity contribution is 5.51. The molecule has 0 atom stereocenters. The predicted octanol–water partition coefficient (Wildman–Crippen LogP) is 4.28. The largest absolute Gasteiger partial charge is 0.391 e. The molecule has 2 rings (SSSR count). The van der Waals surface area contributed by atoms with E-state index in [1.165, 1.54) is 5.56 Å². The molecule has 0 aliphatic heterocycles. The highest BCUT2D eigenvalue weighted by Gasteiger charge is 2.41. The molecule has 0 heterocycles. The first-order valence-electron chi connectivity index (χ1n) is 7.42. The molecule has 1 aliphatic carbocycles. The molecule has 21 heavy (non-hydrogen) atoms. The van der Waals surface area contributed by atoms with Gasteiger partial charge in [-0.1, -0.05) is 18.2 Å². The first-order valence-corrected chi connectivity index (χ1v) is 7.42. The van der Waals surface area contributed by atoms with E-state index in [0.29, 0.717) is 12.8 Å². The van der Waals surface area contributed by atoms with Gasteiger partial charge in [-0.15, -0.1) is 0 Å². The molecular weight excluding hydrogens is 277 g/mol. The second kappa shape index (κ2) is 6.69. The van der Waals surface area contributed by atoms with Gasteiger partial charge in [0.2, 0.25) is 0 Å². The highest BCUT2D eigenvalue weighted by Crippen LogP contribution is 2.38. The van der Waals surface area contributed by atoms with Crippen molar-refractivity contribution in [3.63, 3.8) is 0 Å². The lowest BCUT2D eigenvalue weighted by atomic mass is 9.85. The summed E-state index contributed by atoms with van der Waals surface area (Å²) in [4.78, 5) is 2.08. The van der Waals surface area contributed by atoms with Gasteiger partial charge in [0.25, 0.3) is 0 Å². The number of hydrogen-bond donors (Lipinski definition) is 1. The smallest absolute Gasteiger partial charge is 0.382 e. The molecule has 1 aliphatic rings. The number of halogens is 3. The van der Waals surface area contributed by atoms with Crippen molar-refractivity contribution < 1.29 is 13.2 Å². The van der Waals surface area contributed by atoms with Gasteiger partial charge < -0.3 is 10.2 Å². The van der Waals surface area contributed by atoms with E-state index < -0.39 is 12.1 Å². The molecule has 1 N–H and O–H groups in total. The highest BCUT2D eigenvalue weighted by atomic mass is 19.4. The molecule has 0 aromatic heterocycles. The van der Waals surface area contributed by atoms with E-state index in [2.05, 4.69) is 16.3 Å². The number of benzene rings is 1. The molecule has 5 heteroatoms. The van der Waals surface area contributed by atoms with Gasteiger partial charge in [0.15, 0.2) is 0 Å². The van der Waals surface area contributed by atoms with Crippen LogP contribution in [-0.4, -0.2) is 31.2 Å². The Bertz CT molecular complexity index is 449. The molecule has 1 saturated carbocycles. The summed E-state index contributed by atoms with van der Waals surface area (Å²) in [5, 5.41) is 3.43. The predicted molar refractivity (Wildman–Crippen MR) is 79.3 cm³/mol. The molecule has 118 valence electrons. The topological polar surface area (TPSA) is 15.3 Å². The van der Waals surface area contributed by atoms with Crippen LogP contribution < -0.4 is 5.32 Å². The van der Waals surface area contributed by atoms with E-state index in [1.54, 1.807) is 0 Å². The van der Waals surface area contributed by atoms with Crippen molar-refractivity contribution in [3.05, 3.63) is 29.8 Å². The van der Waals surface area contributed by atoms with E-state index in [-0.39, 0.29) is 18.9 Å². The minimum atomic E-state index is -4.03. The van der Waals surface area contributed by atoms with Gasteiger partial charge in [0.1, 0.15) is 0 Å². The number of nitrogens with one attached hydrogen (secondary N) is 1. The van der Waals surface area contributed by atoms with Crippen molar-refractivity contribution in [1.29, 1.82) is 0 Å². The summed E-state index contributed by atoms with van der Waals surface area (Å²) in [6, 6.07) is 8.16. The van der Waals surface area contributed by atoms with Crippen LogP contribution in [0.4, 0.5) is 18.9 Å². The number of hydrogen-bond acceptors (Lipinski definition) is 2. The summed E-state index contributed by atoms with van der Waals surface area (Å²) in [5.41, 5.74) is 2.22. The Labute approximate surface area is 124 Å². The van der Waals surface area contributed by atoms with E-state index in [0.717, 1.165) is 12.2 Å². The van der Waals surface area contributed by atoms with Crippen LogP contribution in [0.15, 0.2) is 24.3 Å². The Morgan fingerprint density at radius 3 is 2.29 bits per heavy atom. The number of alkyl halides is 3. The van der Waals surface area contributed by atoms with Crippen LogP contribution in [-0.2, 0) is 6.54 Å². The number of nitrogens with zero attached hydrogens (tertiary/aromatic N) is 1. The fourth-order valence-electron chi connectivity index (χ4n) is 2.92. The second-order valence-electron chi connectivity index (χ2n) is 6.13. The Kier molecular flexibility index (Phi) is 5.14. The lowest BCUT2D eigenvalue weighted by molar-refractivity contribution is -0.182. The minimum Gasteiger partial charge on any atom is -0.382 e. The summed E-state index contributed by atoms with van der Waals surface area (Å²) in [5.74, 6) is -1.12. The van der Waals surface area contributed by atoms with Crippen molar-refractivity contribution in [2.45, 2.75) is 44.4 Å². The van der Waals surface area contributed by atoms with E-state index in [4.69, 9.17) is 0 Å². The maximum absolute atomic E-state index is 12.7. The second-order valence-corrected chi connectivity index (χ2v) is 6.13. The lowest BCUT2D eigenvalue weighted by Gasteiger charge is -2.31. The summed E-state index contributed by atoms with van der Waals surface area (Å²) in [6.45, 7) is 0.821. The monoisotopic (exact) mass is 300 g/mol. The fourth-order valence-corrected chi connectivity index (χ4v) is 2.92. The molecule has 0 saturated heterocycles. The zero-order chi connectivity index (χ0) is 15.5. The van der Waals surface area contributed by atoms with Crippen molar-refractivity contribution in [2.24, 2.45) is 5.92 Å². The number of rotatable bonds is 4. The van der Waals surface area contributed by atoms with Crippen molar-refractivity contribution in [3.8, 4) is 0 Å². The third-order valence-corrected chi connectivity index (χ3v) is 4.05. The fraction of sp³-hybridized carbons (Fsp3) is 0.625. The van der Waals surface area contributed by atoms with Crippen molar-refractivity contribution in [1.82, 2.24) is 4.90 Å². The molecule has 0 spiro atoms. The average Bonchev–Trinajstić information content (AvgIpc) is 2.40. The standard InChI is InChI=1S/C16H23F3N2/c1-21(2)11-12-5-3-4-6-15(12)20-14-9-7-13(8-10-14)16(17,18)19/h3-6,13-14,20H,7-11H2,1-2H3. The first kappa shape index (κ1) is 16.1. The van der Waals surface area contributed by atoms with E-state index >= 15 is 0 Å². The summed E-state index contributed by atoms with van der Waals surface area (Å²) in [7, 11) is 4.01. The van der Waals surface area contributed by atoms with Crippen LogP contribution in [0.25, 0.3) is 0 Å². The van der Waals surface area contributed by atoms with Gasteiger partial charge in [-0.05, 0) is 51.4 Å². The van der Waals surface area contributed by atoms with Crippen LogP contribution in [0, 0.1) is 5.92 Å². The van der Waals surface area contributed by atoms with Crippen molar-refractivity contribution in [2.75, 3.05) is 19.4 Å². The van der Waals surface area contributed by atoms with Gasteiger partial charge in [-0.3, -0.25) is 0 Å². The third kappa shape index (κ3) is 4.63. The Balaban J connectivity index is 1.95. The van der Waals surface area contributed by atoms with Crippen LogP contribution in [0.3, 0.4) is 0 Å². The SMILES string of the molecule is CN(C)Cc1ccccc1NC1CCC(C(F)(F)F)CC1. The van der Waals surface area contributed by atoms with Crippen molar-refractivity contribution >= 4 is 5.69 Å². The van der Waals surface area contributed by atoms with Crippen LogP contribution in [0.5, 0.6) is 0 Å². The Morgan fingerprint density at radius 1 is 1.10 bits per heavy atom. The average molecular weight is 300 g/mol. The molecule has 0 unspecified atom stereocenters. The van der Waals surface area contributed by atoms with Gasteiger partial charge in [0, 0.05) is 18.3 Å². The summed E-state index contributed by atoms with van der Waals surface area (Å²) in [6.07, 6.45) is -2.40. The molecule has 1 fully saturated rings. The summed E-state index contributed by atoms with van der Waals surface area (Å²) >= 11 is 0. The first-order chi connectivity index (χ1) is 9.86. The molecule has 2 nitrogen and oxygen atoms in total. The van der Waals surface area contributed by atoms with Crippen LogP contribution in [0.1, 0.15) is 31.2 Å². The van der Waals surface area contributed by atoms with Crippen LogP contribution in [0.2, 0.25) is 0 Å². The van der Waals surface area contributed by atoms with Gasteiger partial charge in [-0.25, -0.2) is 0 Å². The van der Waals surface area contributed by atoms with Gasteiger partial charge >= 0.3 is 6.18 Å².